The first-order chi connectivity index (χ1) is 12.5. The van der Waals surface area contributed by atoms with Crippen molar-refractivity contribution in [3.05, 3.63) is 29.8 Å². The fourth-order valence-electron chi connectivity index (χ4n) is 3.48. The lowest BCUT2D eigenvalue weighted by molar-refractivity contribution is 0.180. The Balaban J connectivity index is 1.51. The molecule has 1 aromatic rings. The van der Waals surface area contributed by atoms with Crippen molar-refractivity contribution in [1.82, 2.24) is 10.6 Å². The van der Waals surface area contributed by atoms with Crippen LogP contribution in [0.5, 0.6) is 5.75 Å². The number of ether oxygens (including phenoxy) is 1. The second-order valence-corrected chi connectivity index (χ2v) is 7.96. The summed E-state index contributed by atoms with van der Waals surface area (Å²) >= 11 is 0. The molecule has 5 nitrogen and oxygen atoms in total. The lowest BCUT2D eigenvalue weighted by Gasteiger charge is -2.17. The number of nitrogens with zero attached hydrogens (tertiary/aromatic N) is 1. The molecular weight excluding hydrogens is 326 g/mol. The van der Waals surface area contributed by atoms with E-state index in [-0.39, 0.29) is 6.10 Å². The first kappa shape index (κ1) is 19.0. The Bertz CT molecular complexity index is 604. The summed E-state index contributed by atoms with van der Waals surface area (Å²) in [5.41, 5.74) is 1.37. The van der Waals surface area contributed by atoms with E-state index in [1.807, 2.05) is 38.1 Å². The number of hydrogen-bond donors (Lipinski definition) is 3. The van der Waals surface area contributed by atoms with E-state index in [1.54, 1.807) is 0 Å². The van der Waals surface area contributed by atoms with Gasteiger partial charge in [-0.3, -0.25) is 4.99 Å². The lowest BCUT2D eigenvalue weighted by atomic mass is 10.0. The summed E-state index contributed by atoms with van der Waals surface area (Å²) in [5, 5.41) is 17.0. The van der Waals surface area contributed by atoms with Gasteiger partial charge in [0.1, 0.15) is 5.75 Å². The minimum absolute atomic E-state index is 0.150. The third kappa shape index (κ3) is 5.13. The minimum Gasteiger partial charge on any atom is -0.491 e. The van der Waals surface area contributed by atoms with Crippen LogP contribution >= 0.6 is 0 Å². The van der Waals surface area contributed by atoms with Crippen LogP contribution in [-0.4, -0.2) is 36.8 Å². The molecule has 3 N–H and O–H groups in total. The molecule has 0 saturated heterocycles. The smallest absolute Gasteiger partial charge is 0.191 e. The van der Waals surface area contributed by atoms with Crippen LogP contribution in [0.2, 0.25) is 0 Å². The van der Waals surface area contributed by atoms with Gasteiger partial charge in [0.25, 0.3) is 0 Å². The van der Waals surface area contributed by atoms with Crippen LogP contribution < -0.4 is 15.4 Å². The van der Waals surface area contributed by atoms with Crippen LogP contribution in [0, 0.1) is 11.3 Å². The lowest BCUT2D eigenvalue weighted by Crippen LogP contribution is -2.39. The number of nitrogens with one attached hydrogen (secondary N) is 2. The maximum Gasteiger partial charge on any atom is 0.191 e. The van der Waals surface area contributed by atoms with Gasteiger partial charge in [-0.05, 0) is 75.5 Å². The number of rotatable bonds is 9. The minimum atomic E-state index is -0.578. The van der Waals surface area contributed by atoms with E-state index in [1.165, 1.54) is 25.7 Å². The molecule has 2 saturated carbocycles. The highest BCUT2D eigenvalue weighted by Crippen LogP contribution is 2.61. The average molecular weight is 360 g/mol. The monoisotopic (exact) mass is 359 g/mol. The molecule has 2 aliphatic rings. The van der Waals surface area contributed by atoms with Crippen LogP contribution in [-0.2, 0) is 0 Å². The molecular formula is C21H33N3O2. The quantitative estimate of drug-likeness (QED) is 0.468. The van der Waals surface area contributed by atoms with E-state index in [0.29, 0.717) is 12.0 Å². The topological polar surface area (TPSA) is 65.9 Å². The summed E-state index contributed by atoms with van der Waals surface area (Å²) in [6.45, 7) is 8.23. The Hall–Kier alpha value is -1.75. The van der Waals surface area contributed by atoms with E-state index in [4.69, 9.17) is 9.73 Å². The molecule has 1 atom stereocenters. The largest absolute Gasteiger partial charge is 0.491 e. The summed E-state index contributed by atoms with van der Waals surface area (Å²) < 4.78 is 5.65. The van der Waals surface area contributed by atoms with Gasteiger partial charge in [-0.1, -0.05) is 12.1 Å². The second kappa shape index (κ2) is 8.30. The van der Waals surface area contributed by atoms with Crippen molar-refractivity contribution in [2.24, 2.45) is 16.3 Å². The second-order valence-electron chi connectivity index (χ2n) is 7.96. The number of benzene rings is 1. The first-order valence-electron chi connectivity index (χ1n) is 9.99. The Kier molecular flexibility index (Phi) is 6.07. The van der Waals surface area contributed by atoms with Gasteiger partial charge in [0.15, 0.2) is 5.96 Å². The number of aliphatic hydroxyl groups is 1. The maximum absolute atomic E-state index is 10.5. The molecule has 0 spiro atoms. The van der Waals surface area contributed by atoms with Gasteiger partial charge < -0.3 is 20.5 Å². The van der Waals surface area contributed by atoms with Crippen LogP contribution in [0.15, 0.2) is 29.3 Å². The predicted molar refractivity (Wildman–Crippen MR) is 106 cm³/mol. The molecule has 0 radical (unpaired) electrons. The SMILES string of the molecule is CCNC(=NCC1(C2CC2)CC1)NCC(O)c1ccc(OC(C)C)cc1. The zero-order chi connectivity index (χ0) is 18.6. The van der Waals surface area contributed by atoms with Crippen molar-refractivity contribution in [3.8, 4) is 5.75 Å². The molecule has 0 aliphatic heterocycles. The number of aliphatic hydroxyl groups excluding tert-OH is 1. The van der Waals surface area contributed by atoms with Crippen molar-refractivity contribution in [3.63, 3.8) is 0 Å². The van der Waals surface area contributed by atoms with Gasteiger partial charge in [-0.2, -0.15) is 0 Å². The molecule has 1 unspecified atom stereocenters. The molecule has 2 aliphatic carbocycles. The Morgan fingerprint density at radius 2 is 1.92 bits per heavy atom. The van der Waals surface area contributed by atoms with Crippen LogP contribution in [0.3, 0.4) is 0 Å². The van der Waals surface area contributed by atoms with Crippen molar-refractivity contribution in [2.75, 3.05) is 19.6 Å². The highest BCUT2D eigenvalue weighted by molar-refractivity contribution is 5.79. The fraction of sp³-hybridized carbons (Fsp3) is 0.667. The van der Waals surface area contributed by atoms with Crippen LogP contribution in [0.1, 0.15) is 58.1 Å². The molecule has 0 heterocycles. The van der Waals surface area contributed by atoms with Crippen molar-refractivity contribution >= 4 is 5.96 Å². The third-order valence-electron chi connectivity index (χ3n) is 5.33. The summed E-state index contributed by atoms with van der Waals surface area (Å²) in [6, 6.07) is 7.65. The Morgan fingerprint density at radius 3 is 2.46 bits per heavy atom. The molecule has 2 fully saturated rings. The highest BCUT2D eigenvalue weighted by Gasteiger charge is 2.53. The third-order valence-corrected chi connectivity index (χ3v) is 5.33. The van der Waals surface area contributed by atoms with Crippen LogP contribution in [0.4, 0.5) is 0 Å². The summed E-state index contributed by atoms with van der Waals surface area (Å²) in [5.74, 6) is 2.54. The van der Waals surface area contributed by atoms with Crippen molar-refractivity contribution in [1.29, 1.82) is 0 Å². The Morgan fingerprint density at radius 1 is 1.23 bits per heavy atom. The maximum atomic E-state index is 10.5. The van der Waals surface area contributed by atoms with Crippen LogP contribution in [0.25, 0.3) is 0 Å². The van der Waals surface area contributed by atoms with E-state index >= 15 is 0 Å². The van der Waals surface area contributed by atoms with Gasteiger partial charge in [0, 0.05) is 19.6 Å². The summed E-state index contributed by atoms with van der Waals surface area (Å²) in [4.78, 5) is 4.78. The van der Waals surface area contributed by atoms with Gasteiger partial charge in [-0.15, -0.1) is 0 Å². The summed E-state index contributed by atoms with van der Waals surface area (Å²) in [6.07, 6.45) is 4.99. The average Bonchev–Trinajstić information content (AvgIpc) is 3.50. The van der Waals surface area contributed by atoms with E-state index in [9.17, 15) is 5.11 Å². The summed E-state index contributed by atoms with van der Waals surface area (Å²) in [7, 11) is 0. The molecule has 26 heavy (non-hydrogen) atoms. The zero-order valence-corrected chi connectivity index (χ0v) is 16.3. The first-order valence-corrected chi connectivity index (χ1v) is 9.99. The van der Waals surface area contributed by atoms with Gasteiger partial charge in [-0.25, -0.2) is 0 Å². The number of hydrogen-bond acceptors (Lipinski definition) is 3. The van der Waals surface area contributed by atoms with Crippen molar-refractivity contribution in [2.45, 2.75) is 58.7 Å². The standard InChI is InChI=1S/C21H33N3O2/c1-4-22-20(24-14-21(11-12-21)17-7-8-17)23-13-19(25)16-5-9-18(10-6-16)26-15(2)3/h5-6,9-10,15,17,19,25H,4,7-8,11-14H2,1-3H3,(H2,22,23,24). The van der Waals surface area contributed by atoms with E-state index in [2.05, 4.69) is 17.6 Å². The van der Waals surface area contributed by atoms with E-state index < -0.39 is 6.10 Å². The fourth-order valence-corrected chi connectivity index (χ4v) is 3.48. The molecule has 0 aromatic heterocycles. The van der Waals surface area contributed by atoms with Gasteiger partial charge in [0.2, 0.25) is 0 Å². The molecule has 0 bridgehead atoms. The molecule has 5 heteroatoms. The predicted octanol–water partition coefficient (Wildman–Crippen LogP) is 3.25. The molecule has 3 rings (SSSR count). The van der Waals surface area contributed by atoms with Crippen molar-refractivity contribution < 1.29 is 9.84 Å². The number of aliphatic imine (C=N–C) groups is 1. The zero-order valence-electron chi connectivity index (χ0n) is 16.3. The molecule has 0 amide bonds. The van der Waals surface area contributed by atoms with E-state index in [0.717, 1.165) is 36.3 Å². The van der Waals surface area contributed by atoms with Gasteiger partial charge in [0.05, 0.1) is 12.2 Å². The molecule has 144 valence electrons. The Labute approximate surface area is 157 Å². The van der Waals surface area contributed by atoms with Gasteiger partial charge >= 0.3 is 0 Å². The number of guanidine groups is 1. The normalized spacial score (nSPS) is 20.0. The molecule has 1 aromatic carbocycles. The highest BCUT2D eigenvalue weighted by atomic mass is 16.5.